The molecular weight excluding hydrogens is 188 g/mol. The minimum atomic E-state index is -0.501. The molecule has 13 heavy (non-hydrogen) atoms. The molecule has 2 saturated heterocycles. The van der Waals surface area contributed by atoms with E-state index in [9.17, 15) is 4.79 Å². The van der Waals surface area contributed by atoms with E-state index in [2.05, 4.69) is 6.58 Å². The molecule has 0 aromatic heterocycles. The fraction of sp³-hybridized carbons (Fsp3) is 0.667. The number of carbonyl (C=O) groups excluding carboxylic acids is 1. The lowest BCUT2D eigenvalue weighted by Gasteiger charge is -2.12. The predicted octanol–water partition coefficient (Wildman–Crippen LogP) is 1.97. The van der Waals surface area contributed by atoms with Gasteiger partial charge >= 0.3 is 6.16 Å². The third-order valence-corrected chi connectivity index (χ3v) is 3.80. The van der Waals surface area contributed by atoms with E-state index in [4.69, 9.17) is 9.47 Å². The second kappa shape index (κ2) is 3.62. The average molecular weight is 200 g/mol. The summed E-state index contributed by atoms with van der Waals surface area (Å²) in [6.45, 7) is 3.67. The minimum absolute atomic E-state index is 0.00712. The number of ether oxygens (including phenoxy) is 2. The van der Waals surface area contributed by atoms with Gasteiger partial charge in [0, 0.05) is 11.0 Å². The molecule has 2 aliphatic rings. The molecule has 2 rings (SSSR count). The number of fused-ring (bicyclic) bond motifs is 1. The third kappa shape index (κ3) is 1.68. The third-order valence-electron chi connectivity index (χ3n) is 2.34. The monoisotopic (exact) mass is 200 g/mol. The van der Waals surface area contributed by atoms with E-state index < -0.39 is 6.16 Å². The van der Waals surface area contributed by atoms with Crippen molar-refractivity contribution in [3.8, 4) is 0 Å². The summed E-state index contributed by atoms with van der Waals surface area (Å²) in [7, 11) is 0. The first-order chi connectivity index (χ1) is 6.31. The number of carbonyl (C=O) groups is 1. The van der Waals surface area contributed by atoms with Crippen LogP contribution in [-0.2, 0) is 9.47 Å². The van der Waals surface area contributed by atoms with Gasteiger partial charge in [-0.2, -0.15) is 11.8 Å². The maximum atomic E-state index is 10.8. The molecule has 2 heterocycles. The van der Waals surface area contributed by atoms with E-state index in [-0.39, 0.29) is 12.2 Å². The quantitative estimate of drug-likeness (QED) is 0.515. The molecule has 2 aliphatic heterocycles. The van der Waals surface area contributed by atoms with E-state index >= 15 is 0 Å². The molecule has 0 aromatic rings. The summed E-state index contributed by atoms with van der Waals surface area (Å²) in [5, 5.41) is 0.398. The highest BCUT2D eigenvalue weighted by Crippen LogP contribution is 2.37. The van der Waals surface area contributed by atoms with Crippen molar-refractivity contribution in [3.05, 3.63) is 12.7 Å². The highest BCUT2D eigenvalue weighted by atomic mass is 32.2. The van der Waals surface area contributed by atoms with Crippen LogP contribution in [0.2, 0.25) is 0 Å². The second-order valence-electron chi connectivity index (χ2n) is 3.23. The molecule has 0 aromatic carbocycles. The van der Waals surface area contributed by atoms with Gasteiger partial charge in [-0.15, -0.1) is 6.58 Å². The van der Waals surface area contributed by atoms with E-state index in [0.717, 1.165) is 18.6 Å². The fourth-order valence-electron chi connectivity index (χ4n) is 1.69. The van der Waals surface area contributed by atoms with Crippen LogP contribution in [0.15, 0.2) is 12.7 Å². The normalized spacial score (nSPS) is 36.6. The number of allylic oxidation sites excluding steroid dienone is 1. The molecule has 0 aliphatic carbocycles. The van der Waals surface area contributed by atoms with Crippen LogP contribution >= 0.6 is 11.8 Å². The van der Waals surface area contributed by atoms with Crippen molar-refractivity contribution in [2.75, 3.05) is 5.75 Å². The van der Waals surface area contributed by atoms with Crippen molar-refractivity contribution in [3.63, 3.8) is 0 Å². The molecule has 0 N–H and O–H groups in total. The summed E-state index contributed by atoms with van der Waals surface area (Å²) in [5.41, 5.74) is 0. The van der Waals surface area contributed by atoms with E-state index in [0.29, 0.717) is 5.25 Å². The van der Waals surface area contributed by atoms with Crippen molar-refractivity contribution in [1.82, 2.24) is 0 Å². The van der Waals surface area contributed by atoms with Gasteiger partial charge in [-0.1, -0.05) is 6.08 Å². The Kier molecular flexibility index (Phi) is 2.49. The first-order valence-corrected chi connectivity index (χ1v) is 5.46. The van der Waals surface area contributed by atoms with Gasteiger partial charge in [0.1, 0.15) is 0 Å². The molecule has 72 valence electrons. The molecule has 4 heteroatoms. The molecule has 0 amide bonds. The Labute approximate surface area is 81.5 Å². The lowest BCUT2D eigenvalue weighted by Crippen LogP contribution is -2.26. The number of hydrogen-bond donors (Lipinski definition) is 0. The smallest absolute Gasteiger partial charge is 0.426 e. The first-order valence-electron chi connectivity index (χ1n) is 4.41. The lowest BCUT2D eigenvalue weighted by atomic mass is 10.1. The van der Waals surface area contributed by atoms with Crippen LogP contribution in [0.25, 0.3) is 0 Å². The molecule has 3 nitrogen and oxygen atoms in total. The van der Waals surface area contributed by atoms with Crippen molar-refractivity contribution >= 4 is 17.9 Å². The summed E-state index contributed by atoms with van der Waals surface area (Å²) >= 11 is 1.83. The molecule has 0 radical (unpaired) electrons. The Hall–Kier alpha value is -0.640. The van der Waals surface area contributed by atoms with Gasteiger partial charge in [-0.3, -0.25) is 0 Å². The topological polar surface area (TPSA) is 35.5 Å². The lowest BCUT2D eigenvalue weighted by molar-refractivity contribution is 0.115. The maximum Gasteiger partial charge on any atom is 0.509 e. The Morgan fingerprint density at radius 2 is 2.46 bits per heavy atom. The number of hydrogen-bond acceptors (Lipinski definition) is 4. The van der Waals surface area contributed by atoms with E-state index in [1.165, 1.54) is 0 Å². The molecule has 2 fully saturated rings. The van der Waals surface area contributed by atoms with Crippen LogP contribution in [0.5, 0.6) is 0 Å². The van der Waals surface area contributed by atoms with Crippen LogP contribution in [0.4, 0.5) is 4.79 Å². The van der Waals surface area contributed by atoms with Crippen molar-refractivity contribution in [2.24, 2.45) is 0 Å². The number of rotatable bonds is 3. The maximum absolute atomic E-state index is 10.8. The Bertz CT molecular complexity index is 229. The fourth-order valence-corrected chi connectivity index (χ4v) is 3.11. The largest absolute Gasteiger partial charge is 0.509 e. The highest BCUT2D eigenvalue weighted by molar-refractivity contribution is 8.00. The minimum Gasteiger partial charge on any atom is -0.426 e. The van der Waals surface area contributed by atoms with E-state index in [1.54, 1.807) is 0 Å². The standard InChI is InChI=1S/C9H12O3S/c1-2-3-4-7-8-6(5-13-7)11-9(10)12-8/h2,6-8H,1,3-5H2/t6?,7-,8-/m0/s1. The molecular formula is C9H12O3S. The zero-order valence-electron chi connectivity index (χ0n) is 7.27. The highest BCUT2D eigenvalue weighted by Gasteiger charge is 2.46. The second-order valence-corrected chi connectivity index (χ2v) is 4.50. The summed E-state index contributed by atoms with van der Waals surface area (Å²) in [4.78, 5) is 10.8. The summed E-state index contributed by atoms with van der Waals surface area (Å²) in [5.74, 6) is 0.873. The van der Waals surface area contributed by atoms with Crippen LogP contribution in [0.3, 0.4) is 0 Å². The van der Waals surface area contributed by atoms with Crippen LogP contribution in [0.1, 0.15) is 12.8 Å². The van der Waals surface area contributed by atoms with Gasteiger partial charge in [0.05, 0.1) is 0 Å². The Morgan fingerprint density at radius 3 is 3.23 bits per heavy atom. The van der Waals surface area contributed by atoms with Gasteiger partial charge in [0.2, 0.25) is 0 Å². The summed E-state index contributed by atoms with van der Waals surface area (Å²) in [6.07, 6.45) is 3.36. The van der Waals surface area contributed by atoms with Gasteiger partial charge in [0.25, 0.3) is 0 Å². The summed E-state index contributed by atoms with van der Waals surface area (Å²) in [6, 6.07) is 0. The average Bonchev–Trinajstić information content (AvgIpc) is 2.61. The SMILES string of the molecule is C=CCC[C@@H]1SCC2OC(=O)O[C@@H]21. The summed E-state index contributed by atoms with van der Waals surface area (Å²) < 4.78 is 10.1. The number of thioether (sulfide) groups is 1. The Balaban J connectivity index is 1.92. The zero-order chi connectivity index (χ0) is 9.26. The molecule has 0 saturated carbocycles. The van der Waals surface area contributed by atoms with Crippen molar-refractivity contribution in [1.29, 1.82) is 0 Å². The zero-order valence-corrected chi connectivity index (χ0v) is 8.09. The molecule has 3 atom stereocenters. The first kappa shape index (κ1) is 8.94. The van der Waals surface area contributed by atoms with Crippen molar-refractivity contribution in [2.45, 2.75) is 30.3 Å². The van der Waals surface area contributed by atoms with Gasteiger partial charge in [-0.05, 0) is 12.8 Å². The van der Waals surface area contributed by atoms with E-state index in [1.807, 2.05) is 17.8 Å². The predicted molar refractivity (Wildman–Crippen MR) is 50.8 cm³/mol. The van der Waals surface area contributed by atoms with Crippen LogP contribution < -0.4 is 0 Å². The Morgan fingerprint density at radius 1 is 1.62 bits per heavy atom. The van der Waals surface area contributed by atoms with Crippen LogP contribution in [-0.4, -0.2) is 29.4 Å². The molecule has 0 spiro atoms. The van der Waals surface area contributed by atoms with Gasteiger partial charge in [-0.25, -0.2) is 4.79 Å². The van der Waals surface area contributed by atoms with Gasteiger partial charge in [0.15, 0.2) is 12.2 Å². The van der Waals surface area contributed by atoms with Crippen molar-refractivity contribution < 1.29 is 14.3 Å². The molecule has 1 unspecified atom stereocenters. The molecule has 0 bridgehead atoms. The van der Waals surface area contributed by atoms with Crippen LogP contribution in [0, 0.1) is 0 Å². The van der Waals surface area contributed by atoms with Gasteiger partial charge < -0.3 is 9.47 Å².